The van der Waals surface area contributed by atoms with Crippen molar-refractivity contribution in [3.05, 3.63) is 51.5 Å². The summed E-state index contributed by atoms with van der Waals surface area (Å²) < 4.78 is 38.0. The Balaban J connectivity index is 1.45. The van der Waals surface area contributed by atoms with Gasteiger partial charge in [0.1, 0.15) is 0 Å². The fourth-order valence-corrected chi connectivity index (χ4v) is 4.05. The van der Waals surface area contributed by atoms with Gasteiger partial charge in [-0.2, -0.15) is 13.2 Å². The number of likely N-dealkylation sites (tertiary alicyclic amines) is 1. The van der Waals surface area contributed by atoms with Gasteiger partial charge in [-0.15, -0.1) is 11.3 Å². The lowest BCUT2D eigenvalue weighted by Gasteiger charge is -2.19. The number of alkyl halides is 3. The van der Waals surface area contributed by atoms with Crippen molar-refractivity contribution in [2.24, 2.45) is 4.99 Å². The van der Waals surface area contributed by atoms with Crippen LogP contribution in [0, 0.1) is 0 Å². The van der Waals surface area contributed by atoms with Crippen molar-refractivity contribution in [1.29, 1.82) is 0 Å². The molecule has 1 saturated heterocycles. The molecular weight excluding hydrogens is 399 g/mol. The van der Waals surface area contributed by atoms with Gasteiger partial charge in [0, 0.05) is 38.1 Å². The lowest BCUT2D eigenvalue weighted by Crippen LogP contribution is -2.44. The Hall–Kier alpha value is -2.13. The Bertz CT molecular complexity index is 816. The minimum Gasteiger partial charge on any atom is -0.352 e. The van der Waals surface area contributed by atoms with Gasteiger partial charge in [0.25, 0.3) is 0 Å². The minimum atomic E-state index is -4.29. The summed E-state index contributed by atoms with van der Waals surface area (Å²) in [6.45, 7) is 5.06. The van der Waals surface area contributed by atoms with Crippen molar-refractivity contribution in [2.45, 2.75) is 45.1 Å². The summed E-state index contributed by atoms with van der Waals surface area (Å²) in [4.78, 5) is 11.1. The standard InChI is InChI=1S/C20H26F3N5S/c1-3-18-26-17(13-29-18)10-25-19(24-2)27-16-8-9-28(12-16)11-14-4-6-15(7-5-14)20(21,22)23/h4-7,13,16H,3,8-12H2,1-2H3,(H2,24,25,27). The van der Waals surface area contributed by atoms with Crippen LogP contribution >= 0.6 is 11.3 Å². The monoisotopic (exact) mass is 425 g/mol. The highest BCUT2D eigenvalue weighted by atomic mass is 32.1. The molecule has 0 saturated carbocycles. The van der Waals surface area contributed by atoms with Gasteiger partial charge >= 0.3 is 6.18 Å². The minimum absolute atomic E-state index is 0.247. The summed E-state index contributed by atoms with van der Waals surface area (Å²) >= 11 is 1.66. The van der Waals surface area contributed by atoms with Gasteiger partial charge in [0.05, 0.1) is 22.8 Å². The van der Waals surface area contributed by atoms with E-state index < -0.39 is 11.7 Å². The van der Waals surface area contributed by atoms with E-state index in [-0.39, 0.29) is 6.04 Å². The number of aliphatic imine (C=N–C) groups is 1. The van der Waals surface area contributed by atoms with Crippen LogP contribution in [0.3, 0.4) is 0 Å². The van der Waals surface area contributed by atoms with Gasteiger partial charge in [0.15, 0.2) is 5.96 Å². The van der Waals surface area contributed by atoms with E-state index in [0.29, 0.717) is 13.1 Å². The molecule has 1 aromatic heterocycles. The first-order chi connectivity index (χ1) is 13.9. The van der Waals surface area contributed by atoms with Crippen molar-refractivity contribution in [2.75, 3.05) is 20.1 Å². The highest BCUT2D eigenvalue weighted by Crippen LogP contribution is 2.29. The predicted octanol–water partition coefficient (Wildman–Crippen LogP) is 3.66. The van der Waals surface area contributed by atoms with Crippen molar-refractivity contribution >= 4 is 17.3 Å². The van der Waals surface area contributed by atoms with Crippen LogP contribution in [0.5, 0.6) is 0 Å². The van der Waals surface area contributed by atoms with E-state index >= 15 is 0 Å². The Kier molecular flexibility index (Phi) is 7.13. The first-order valence-corrected chi connectivity index (χ1v) is 10.5. The number of benzene rings is 1. The molecule has 9 heteroatoms. The van der Waals surface area contributed by atoms with Crippen LogP contribution in [0.1, 0.15) is 35.2 Å². The molecule has 0 aliphatic carbocycles. The van der Waals surface area contributed by atoms with Crippen molar-refractivity contribution in [1.82, 2.24) is 20.5 Å². The number of nitrogens with one attached hydrogen (secondary N) is 2. The Labute approximate surface area is 173 Å². The van der Waals surface area contributed by atoms with Crippen LogP contribution < -0.4 is 10.6 Å². The lowest BCUT2D eigenvalue weighted by atomic mass is 10.1. The Morgan fingerprint density at radius 1 is 1.31 bits per heavy atom. The first-order valence-electron chi connectivity index (χ1n) is 9.66. The van der Waals surface area contributed by atoms with E-state index in [2.05, 4.69) is 37.8 Å². The third kappa shape index (κ3) is 6.17. The van der Waals surface area contributed by atoms with Gasteiger partial charge in [-0.05, 0) is 30.5 Å². The average Bonchev–Trinajstić information content (AvgIpc) is 3.34. The molecule has 5 nitrogen and oxygen atoms in total. The smallest absolute Gasteiger partial charge is 0.352 e. The second-order valence-electron chi connectivity index (χ2n) is 7.07. The Morgan fingerprint density at radius 3 is 2.69 bits per heavy atom. The molecular formula is C20H26F3N5S. The zero-order chi connectivity index (χ0) is 20.9. The van der Waals surface area contributed by atoms with Crippen LogP contribution in [-0.4, -0.2) is 42.0 Å². The molecule has 0 bridgehead atoms. The summed E-state index contributed by atoms with van der Waals surface area (Å²) in [6.07, 6.45) is -2.40. The van der Waals surface area contributed by atoms with E-state index in [4.69, 9.17) is 0 Å². The molecule has 0 radical (unpaired) electrons. The highest BCUT2D eigenvalue weighted by molar-refractivity contribution is 7.09. The van der Waals surface area contributed by atoms with Crippen LogP contribution in [0.4, 0.5) is 13.2 Å². The second-order valence-corrected chi connectivity index (χ2v) is 8.01. The van der Waals surface area contributed by atoms with Crippen LogP contribution in [-0.2, 0) is 25.7 Å². The summed E-state index contributed by atoms with van der Waals surface area (Å²) in [7, 11) is 1.74. The number of rotatable bonds is 6. The molecule has 1 unspecified atom stereocenters. The quantitative estimate of drug-likeness (QED) is 0.548. The van der Waals surface area contributed by atoms with Gasteiger partial charge < -0.3 is 10.6 Å². The van der Waals surface area contributed by atoms with Crippen LogP contribution in [0.25, 0.3) is 0 Å². The normalized spacial score (nSPS) is 18.2. The lowest BCUT2D eigenvalue weighted by molar-refractivity contribution is -0.137. The summed E-state index contributed by atoms with van der Waals surface area (Å²) in [5, 5.41) is 9.90. The second kappa shape index (κ2) is 9.58. The van der Waals surface area contributed by atoms with Crippen molar-refractivity contribution in [3.8, 4) is 0 Å². The topological polar surface area (TPSA) is 52.6 Å². The number of nitrogens with zero attached hydrogens (tertiary/aromatic N) is 3. The number of hydrogen-bond donors (Lipinski definition) is 2. The van der Waals surface area contributed by atoms with Crippen molar-refractivity contribution < 1.29 is 13.2 Å². The average molecular weight is 426 g/mol. The van der Waals surface area contributed by atoms with Crippen LogP contribution in [0.15, 0.2) is 34.6 Å². The largest absolute Gasteiger partial charge is 0.416 e. The third-order valence-corrected chi connectivity index (χ3v) is 5.90. The van der Waals surface area contributed by atoms with E-state index in [9.17, 15) is 13.2 Å². The summed E-state index contributed by atoms with van der Waals surface area (Å²) in [5.74, 6) is 0.734. The highest BCUT2D eigenvalue weighted by Gasteiger charge is 2.30. The fraction of sp³-hybridized carbons (Fsp3) is 0.500. The van der Waals surface area contributed by atoms with Gasteiger partial charge in [-0.25, -0.2) is 4.98 Å². The maximum absolute atomic E-state index is 12.7. The fourth-order valence-electron chi connectivity index (χ4n) is 3.31. The molecule has 1 aromatic carbocycles. The number of halogens is 3. The van der Waals surface area contributed by atoms with E-state index in [1.54, 1.807) is 30.5 Å². The van der Waals surface area contributed by atoms with Crippen molar-refractivity contribution in [3.63, 3.8) is 0 Å². The SMILES string of the molecule is CCc1nc(CNC(=NC)NC2CCN(Cc3ccc(C(F)(F)F)cc3)C2)cs1. The van der Waals surface area contributed by atoms with Crippen LogP contribution in [0.2, 0.25) is 0 Å². The number of thiazole rings is 1. The molecule has 2 N–H and O–H groups in total. The van der Waals surface area contributed by atoms with Gasteiger partial charge in [-0.3, -0.25) is 9.89 Å². The molecule has 1 aliphatic rings. The maximum Gasteiger partial charge on any atom is 0.416 e. The number of hydrogen-bond acceptors (Lipinski definition) is 4. The van der Waals surface area contributed by atoms with E-state index in [1.807, 2.05) is 0 Å². The summed E-state index contributed by atoms with van der Waals surface area (Å²) in [6, 6.07) is 5.66. The molecule has 1 atom stereocenters. The molecule has 0 spiro atoms. The predicted molar refractivity (Wildman–Crippen MR) is 110 cm³/mol. The molecule has 1 fully saturated rings. The van der Waals surface area contributed by atoms with Gasteiger partial charge in [-0.1, -0.05) is 19.1 Å². The molecule has 158 valence electrons. The third-order valence-electron chi connectivity index (χ3n) is 4.86. The zero-order valence-electron chi connectivity index (χ0n) is 16.6. The molecule has 1 aliphatic heterocycles. The number of guanidine groups is 1. The molecule has 2 aromatic rings. The number of aromatic nitrogens is 1. The zero-order valence-corrected chi connectivity index (χ0v) is 17.4. The van der Waals surface area contributed by atoms with Gasteiger partial charge in [0.2, 0.25) is 0 Å². The molecule has 3 rings (SSSR count). The number of aryl methyl sites for hydroxylation is 1. The molecule has 29 heavy (non-hydrogen) atoms. The summed E-state index contributed by atoms with van der Waals surface area (Å²) in [5.41, 5.74) is 1.28. The Morgan fingerprint density at radius 2 is 2.07 bits per heavy atom. The first kappa shape index (κ1) is 21.6. The molecule has 2 heterocycles. The maximum atomic E-state index is 12.7. The molecule has 0 amide bonds. The van der Waals surface area contributed by atoms with E-state index in [0.717, 1.165) is 60.3 Å². The van der Waals surface area contributed by atoms with E-state index in [1.165, 1.54) is 0 Å².